The number of rotatable bonds is 7. The molecule has 0 amide bonds. The molecule has 0 radical (unpaired) electrons. The van der Waals surface area contributed by atoms with Crippen molar-refractivity contribution in [3.8, 4) is 11.3 Å². The predicted octanol–water partition coefficient (Wildman–Crippen LogP) is 5.03. The lowest BCUT2D eigenvalue weighted by atomic mass is 10.0. The Labute approximate surface area is 182 Å². The Kier molecular flexibility index (Phi) is 5.94. The van der Waals surface area contributed by atoms with Crippen molar-refractivity contribution in [3.63, 3.8) is 0 Å². The van der Waals surface area contributed by atoms with Gasteiger partial charge in [0.1, 0.15) is 5.76 Å². The third-order valence-electron chi connectivity index (χ3n) is 5.00. The molecule has 0 spiro atoms. The molecule has 7 nitrogen and oxygen atoms in total. The highest BCUT2D eigenvalue weighted by Crippen LogP contribution is 2.38. The van der Waals surface area contributed by atoms with Gasteiger partial charge in [-0.25, -0.2) is 9.48 Å². The third-order valence-corrected chi connectivity index (χ3v) is 5.59. The number of nitrogens with zero attached hydrogens (tertiary/aromatic N) is 4. The molecular weight excluding hydrogens is 448 g/mol. The summed E-state index contributed by atoms with van der Waals surface area (Å²) in [5, 5.41) is 13.9. The summed E-state index contributed by atoms with van der Waals surface area (Å²) in [5.74, 6) is 1.10. The molecule has 0 bridgehead atoms. The van der Waals surface area contributed by atoms with E-state index >= 15 is 0 Å². The molecular formula is C22H21BrN4O3. The number of unbranched alkanes of at least 4 members (excludes halogenated alkanes) is 1. The molecule has 0 saturated carbocycles. The Balaban J connectivity index is 1.71. The first-order chi connectivity index (χ1) is 14.6. The van der Waals surface area contributed by atoms with Gasteiger partial charge in [0.2, 0.25) is 0 Å². The Bertz CT molecular complexity index is 1200. The number of ether oxygens (including phenoxy) is 1. The molecule has 30 heavy (non-hydrogen) atoms. The zero-order valence-corrected chi connectivity index (χ0v) is 18.3. The first kappa shape index (κ1) is 20.3. The number of carbonyl (C=O) groups excluding carboxylic acids is 1. The number of aryl methyl sites for hydroxylation is 1. The molecule has 8 heteroatoms. The van der Waals surface area contributed by atoms with Gasteiger partial charge in [0.25, 0.3) is 0 Å². The van der Waals surface area contributed by atoms with Crippen LogP contribution in [0.15, 0.2) is 51.6 Å². The van der Waals surface area contributed by atoms with Gasteiger partial charge in [-0.15, -0.1) is 5.10 Å². The van der Waals surface area contributed by atoms with Crippen LogP contribution in [0.5, 0.6) is 0 Å². The number of methoxy groups -OCH3 is 1. The largest absolute Gasteiger partial charge is 0.465 e. The zero-order chi connectivity index (χ0) is 21.1. The van der Waals surface area contributed by atoms with Gasteiger partial charge in [0, 0.05) is 22.8 Å². The second-order valence-electron chi connectivity index (χ2n) is 6.98. The van der Waals surface area contributed by atoms with E-state index in [9.17, 15) is 4.79 Å². The number of hydrogen-bond acceptors (Lipinski definition) is 6. The van der Waals surface area contributed by atoms with Crippen LogP contribution < -0.4 is 0 Å². The van der Waals surface area contributed by atoms with E-state index in [0.717, 1.165) is 41.4 Å². The molecule has 0 aliphatic heterocycles. The summed E-state index contributed by atoms with van der Waals surface area (Å²) in [4.78, 5) is 12.2. The minimum atomic E-state index is -0.402. The zero-order valence-electron chi connectivity index (χ0n) is 16.8. The number of carbonyl (C=O) groups is 1. The maximum absolute atomic E-state index is 12.2. The van der Waals surface area contributed by atoms with Crippen molar-refractivity contribution >= 4 is 32.7 Å². The lowest BCUT2D eigenvalue weighted by Gasteiger charge is -2.07. The molecule has 0 fully saturated rings. The van der Waals surface area contributed by atoms with Gasteiger partial charge in [-0.2, -0.15) is 0 Å². The van der Waals surface area contributed by atoms with Crippen molar-refractivity contribution in [2.45, 2.75) is 32.7 Å². The molecule has 2 heterocycles. The molecule has 0 aliphatic carbocycles. The summed E-state index contributed by atoms with van der Waals surface area (Å²) >= 11 is 3.52. The summed E-state index contributed by atoms with van der Waals surface area (Å²) in [6.45, 7) is 2.72. The number of halogens is 1. The standard InChI is InChI=1S/C22H21BrN4O3/c1-3-4-9-19-24-25-26-27(19)13-14-10-11-16-18(12-14)21(23)30-20(16)15-7-5-6-8-17(15)22(28)29-2/h5-8,10-12H,3-4,9,13H2,1-2H3. The number of benzene rings is 2. The number of furan rings is 1. The Morgan fingerprint density at radius 1 is 1.20 bits per heavy atom. The summed E-state index contributed by atoms with van der Waals surface area (Å²) in [5.41, 5.74) is 2.21. The van der Waals surface area contributed by atoms with Crippen molar-refractivity contribution in [2.24, 2.45) is 0 Å². The van der Waals surface area contributed by atoms with Gasteiger partial charge in [-0.05, 0) is 50.5 Å². The van der Waals surface area contributed by atoms with Crippen LogP contribution >= 0.6 is 15.9 Å². The molecule has 2 aromatic heterocycles. The van der Waals surface area contributed by atoms with Gasteiger partial charge in [0.15, 0.2) is 10.5 Å². The number of hydrogen-bond donors (Lipinski definition) is 0. The van der Waals surface area contributed by atoms with Gasteiger partial charge >= 0.3 is 5.97 Å². The summed E-state index contributed by atoms with van der Waals surface area (Å²) in [7, 11) is 1.37. The van der Waals surface area contributed by atoms with Crippen molar-refractivity contribution in [1.82, 2.24) is 20.2 Å². The smallest absolute Gasteiger partial charge is 0.338 e. The van der Waals surface area contributed by atoms with Crippen LogP contribution in [0.3, 0.4) is 0 Å². The fraction of sp³-hybridized carbons (Fsp3) is 0.273. The quantitative estimate of drug-likeness (QED) is 0.353. The van der Waals surface area contributed by atoms with Crippen LogP contribution in [0, 0.1) is 0 Å². The second-order valence-corrected chi connectivity index (χ2v) is 7.70. The lowest BCUT2D eigenvalue weighted by Crippen LogP contribution is -2.07. The van der Waals surface area contributed by atoms with Gasteiger partial charge < -0.3 is 9.15 Å². The molecule has 4 aromatic rings. The SMILES string of the molecule is CCCCc1nnnn1Cc1ccc2c(-c3ccccc3C(=O)OC)oc(Br)c2c1. The monoisotopic (exact) mass is 468 g/mol. The van der Waals surface area contributed by atoms with Crippen molar-refractivity contribution in [3.05, 3.63) is 64.1 Å². The van der Waals surface area contributed by atoms with E-state index in [2.05, 4.69) is 44.4 Å². The first-order valence-corrected chi connectivity index (χ1v) is 10.5. The fourth-order valence-corrected chi connectivity index (χ4v) is 3.94. The Morgan fingerprint density at radius 2 is 2.03 bits per heavy atom. The van der Waals surface area contributed by atoms with Gasteiger partial charge in [-0.3, -0.25) is 0 Å². The third kappa shape index (κ3) is 3.87. The lowest BCUT2D eigenvalue weighted by molar-refractivity contribution is 0.0601. The van der Waals surface area contributed by atoms with Gasteiger partial charge in [0.05, 0.1) is 19.2 Å². The Hall–Kier alpha value is -3.00. The first-order valence-electron chi connectivity index (χ1n) is 9.76. The maximum atomic E-state index is 12.2. The van der Waals surface area contributed by atoms with Crippen LogP contribution in [-0.4, -0.2) is 33.3 Å². The summed E-state index contributed by atoms with van der Waals surface area (Å²) < 4.78 is 13.4. The molecule has 0 aliphatic rings. The van der Waals surface area contributed by atoms with Crippen LogP contribution in [-0.2, 0) is 17.7 Å². The Morgan fingerprint density at radius 3 is 2.83 bits per heavy atom. The molecule has 154 valence electrons. The van der Waals surface area contributed by atoms with Crippen LogP contribution in [0.25, 0.3) is 22.1 Å². The highest BCUT2D eigenvalue weighted by Gasteiger charge is 2.20. The maximum Gasteiger partial charge on any atom is 0.338 e. The van der Waals surface area contributed by atoms with E-state index in [0.29, 0.717) is 28.1 Å². The average molecular weight is 469 g/mol. The molecule has 4 rings (SSSR count). The number of fused-ring (bicyclic) bond motifs is 1. The van der Waals surface area contributed by atoms with Crippen molar-refractivity contribution < 1.29 is 13.9 Å². The normalized spacial score (nSPS) is 11.2. The van der Waals surface area contributed by atoms with Crippen molar-refractivity contribution in [2.75, 3.05) is 7.11 Å². The molecule has 0 atom stereocenters. The summed E-state index contributed by atoms with van der Waals surface area (Å²) in [6, 6.07) is 13.3. The average Bonchev–Trinajstić information content (AvgIpc) is 3.35. The molecule has 0 saturated heterocycles. The van der Waals surface area contributed by atoms with E-state index in [1.165, 1.54) is 7.11 Å². The second kappa shape index (κ2) is 8.79. The topological polar surface area (TPSA) is 83.0 Å². The number of tetrazole rings is 1. The van der Waals surface area contributed by atoms with Crippen LogP contribution in [0.4, 0.5) is 0 Å². The van der Waals surface area contributed by atoms with Crippen molar-refractivity contribution in [1.29, 1.82) is 0 Å². The van der Waals surface area contributed by atoms with E-state index < -0.39 is 5.97 Å². The minimum Gasteiger partial charge on any atom is -0.465 e. The van der Waals surface area contributed by atoms with E-state index in [1.807, 2.05) is 28.9 Å². The molecule has 2 aromatic carbocycles. The summed E-state index contributed by atoms with van der Waals surface area (Å²) in [6.07, 6.45) is 3.00. The minimum absolute atomic E-state index is 0.402. The predicted molar refractivity (Wildman–Crippen MR) is 116 cm³/mol. The van der Waals surface area contributed by atoms with E-state index in [4.69, 9.17) is 9.15 Å². The fourth-order valence-electron chi connectivity index (χ4n) is 3.45. The number of esters is 1. The van der Waals surface area contributed by atoms with Gasteiger partial charge in [-0.1, -0.05) is 43.7 Å². The number of aromatic nitrogens is 4. The highest BCUT2D eigenvalue weighted by atomic mass is 79.9. The molecule has 0 unspecified atom stereocenters. The molecule has 0 N–H and O–H groups in total. The highest BCUT2D eigenvalue weighted by molar-refractivity contribution is 9.10. The van der Waals surface area contributed by atoms with E-state index in [1.54, 1.807) is 12.1 Å². The van der Waals surface area contributed by atoms with E-state index in [-0.39, 0.29) is 0 Å². The van der Waals surface area contributed by atoms with Crippen LogP contribution in [0.2, 0.25) is 0 Å². The van der Waals surface area contributed by atoms with Crippen LogP contribution in [0.1, 0.15) is 41.5 Å².